The molecular formula is C23H22F2N2OS. The van der Waals surface area contributed by atoms with Crippen LogP contribution in [0.25, 0.3) is 0 Å². The monoisotopic (exact) mass is 412 g/mol. The van der Waals surface area contributed by atoms with E-state index in [1.54, 1.807) is 40.5 Å². The van der Waals surface area contributed by atoms with Crippen LogP contribution >= 0.6 is 11.3 Å². The molecule has 0 aliphatic carbocycles. The van der Waals surface area contributed by atoms with Gasteiger partial charge >= 0.3 is 6.03 Å². The highest BCUT2D eigenvalue weighted by molar-refractivity contribution is 7.12. The van der Waals surface area contributed by atoms with Crippen molar-refractivity contribution in [2.45, 2.75) is 32.7 Å². The molecule has 1 aliphatic heterocycles. The molecule has 0 saturated heterocycles. The Morgan fingerprint density at radius 2 is 1.93 bits per heavy atom. The van der Waals surface area contributed by atoms with E-state index in [0.29, 0.717) is 12.2 Å². The van der Waals surface area contributed by atoms with Crippen LogP contribution in [0.4, 0.5) is 19.3 Å². The smallest absolute Gasteiger partial charge is 0.312 e. The van der Waals surface area contributed by atoms with E-state index >= 15 is 0 Å². The Labute approximate surface area is 173 Å². The molecule has 150 valence electrons. The van der Waals surface area contributed by atoms with Gasteiger partial charge in [-0.25, -0.2) is 13.6 Å². The maximum absolute atomic E-state index is 13.5. The van der Waals surface area contributed by atoms with Crippen molar-refractivity contribution >= 4 is 23.1 Å². The van der Waals surface area contributed by atoms with Crippen LogP contribution in [0.2, 0.25) is 0 Å². The van der Waals surface area contributed by atoms with Gasteiger partial charge in [-0.2, -0.15) is 0 Å². The highest BCUT2D eigenvalue weighted by Gasteiger charge is 2.35. The summed E-state index contributed by atoms with van der Waals surface area (Å²) in [5.41, 5.74) is 3.93. The topological polar surface area (TPSA) is 32.3 Å². The second-order valence-electron chi connectivity index (χ2n) is 7.17. The number of fused-ring (bicyclic) bond motifs is 1. The van der Waals surface area contributed by atoms with E-state index in [-0.39, 0.29) is 17.9 Å². The minimum atomic E-state index is -0.403. The first-order valence-corrected chi connectivity index (χ1v) is 10.5. The molecule has 2 amide bonds. The molecule has 4 rings (SSSR count). The van der Waals surface area contributed by atoms with Crippen molar-refractivity contribution in [3.63, 3.8) is 0 Å². The fourth-order valence-corrected chi connectivity index (χ4v) is 5.51. The Morgan fingerprint density at radius 3 is 2.62 bits per heavy atom. The molecule has 2 aromatic carbocycles. The lowest BCUT2D eigenvalue weighted by atomic mass is 9.92. The lowest BCUT2D eigenvalue weighted by molar-refractivity contribution is 0.195. The Bertz CT molecular complexity index is 1050. The maximum Gasteiger partial charge on any atom is 0.322 e. The molecule has 0 unspecified atom stereocenters. The van der Waals surface area contributed by atoms with E-state index in [0.717, 1.165) is 23.3 Å². The number of carbonyl (C=O) groups excluding carboxylic acids is 1. The van der Waals surface area contributed by atoms with Crippen LogP contribution in [0.3, 0.4) is 0 Å². The van der Waals surface area contributed by atoms with Crippen molar-refractivity contribution in [2.75, 3.05) is 11.9 Å². The Balaban J connectivity index is 1.73. The lowest BCUT2D eigenvalue weighted by Gasteiger charge is -2.36. The Kier molecular flexibility index (Phi) is 5.37. The van der Waals surface area contributed by atoms with Gasteiger partial charge in [0, 0.05) is 22.0 Å². The van der Waals surface area contributed by atoms with Gasteiger partial charge in [0.15, 0.2) is 0 Å². The summed E-state index contributed by atoms with van der Waals surface area (Å²) in [7, 11) is 0. The third-order valence-electron chi connectivity index (χ3n) is 5.39. The fourth-order valence-electron chi connectivity index (χ4n) is 4.07. The van der Waals surface area contributed by atoms with Crippen molar-refractivity contribution in [2.24, 2.45) is 0 Å². The normalized spacial score (nSPS) is 15.9. The summed E-state index contributed by atoms with van der Waals surface area (Å²) in [5, 5.41) is 2.81. The molecule has 0 radical (unpaired) electrons. The molecule has 1 N–H and O–H groups in total. The van der Waals surface area contributed by atoms with Gasteiger partial charge in [0.2, 0.25) is 0 Å². The van der Waals surface area contributed by atoms with Crippen molar-refractivity contribution in [1.29, 1.82) is 0 Å². The van der Waals surface area contributed by atoms with Crippen LogP contribution in [-0.2, 0) is 12.8 Å². The summed E-state index contributed by atoms with van der Waals surface area (Å²) in [6.45, 7) is 4.80. The number of urea groups is 1. The molecule has 0 saturated carbocycles. The number of rotatable bonds is 3. The van der Waals surface area contributed by atoms with E-state index in [1.807, 2.05) is 0 Å². The standard InChI is InChI=1S/C23H22F2N2OS/c1-3-19-14(2)29-22-20(19)11-12-27(21(22)15-7-9-16(24)10-8-15)23(28)26-18-6-4-5-17(25)13-18/h4-10,13,21H,3,11-12H2,1-2H3,(H,26,28)/t21-/m1/s1. The number of halogens is 2. The summed E-state index contributed by atoms with van der Waals surface area (Å²) in [6.07, 6.45) is 1.72. The number of hydrogen-bond acceptors (Lipinski definition) is 2. The average molecular weight is 413 g/mol. The largest absolute Gasteiger partial charge is 0.322 e. The SMILES string of the molecule is CCc1c(C)sc2c1CCN(C(=O)Nc1cccc(F)c1)[C@@H]2c1ccc(F)cc1. The number of nitrogens with zero attached hydrogens (tertiary/aromatic N) is 1. The van der Waals surface area contributed by atoms with E-state index in [9.17, 15) is 13.6 Å². The Hall–Kier alpha value is -2.73. The predicted molar refractivity (Wildman–Crippen MR) is 113 cm³/mol. The molecule has 29 heavy (non-hydrogen) atoms. The van der Waals surface area contributed by atoms with Gasteiger partial charge in [-0.05, 0) is 66.8 Å². The quantitative estimate of drug-likeness (QED) is 0.556. The number of aryl methyl sites for hydroxylation is 1. The highest BCUT2D eigenvalue weighted by atomic mass is 32.1. The Morgan fingerprint density at radius 1 is 1.17 bits per heavy atom. The zero-order valence-corrected chi connectivity index (χ0v) is 17.2. The molecule has 3 aromatic rings. The number of carbonyl (C=O) groups is 1. The van der Waals surface area contributed by atoms with Gasteiger partial charge in [0.05, 0.1) is 6.04 Å². The third-order valence-corrected chi connectivity index (χ3v) is 6.63. The van der Waals surface area contributed by atoms with Crippen molar-refractivity contribution in [3.05, 3.63) is 86.6 Å². The zero-order chi connectivity index (χ0) is 20.5. The first-order chi connectivity index (χ1) is 14.0. The van der Waals surface area contributed by atoms with Crippen LogP contribution in [0, 0.1) is 18.6 Å². The van der Waals surface area contributed by atoms with Crippen LogP contribution in [-0.4, -0.2) is 17.5 Å². The van der Waals surface area contributed by atoms with Gasteiger partial charge in [-0.15, -0.1) is 11.3 Å². The van der Waals surface area contributed by atoms with E-state index in [2.05, 4.69) is 19.2 Å². The summed E-state index contributed by atoms with van der Waals surface area (Å²) >= 11 is 1.70. The van der Waals surface area contributed by atoms with Gasteiger partial charge in [0.25, 0.3) is 0 Å². The molecular weight excluding hydrogens is 390 g/mol. The molecule has 1 aromatic heterocycles. The van der Waals surface area contributed by atoms with Gasteiger partial charge in [-0.3, -0.25) is 0 Å². The number of thiophene rings is 1. The van der Waals surface area contributed by atoms with Crippen molar-refractivity contribution in [3.8, 4) is 0 Å². The lowest BCUT2D eigenvalue weighted by Crippen LogP contribution is -2.42. The van der Waals surface area contributed by atoms with Crippen molar-refractivity contribution in [1.82, 2.24) is 4.90 Å². The summed E-state index contributed by atoms with van der Waals surface area (Å²) in [5.74, 6) is -0.711. The van der Waals surface area contributed by atoms with E-state index < -0.39 is 5.82 Å². The molecule has 6 heteroatoms. The zero-order valence-electron chi connectivity index (χ0n) is 16.3. The van der Waals surface area contributed by atoms with Crippen LogP contribution < -0.4 is 5.32 Å². The first-order valence-electron chi connectivity index (χ1n) is 9.67. The number of amides is 2. The van der Waals surface area contributed by atoms with Gasteiger partial charge < -0.3 is 10.2 Å². The van der Waals surface area contributed by atoms with Crippen LogP contribution in [0.15, 0.2) is 48.5 Å². The molecule has 1 atom stereocenters. The third kappa shape index (κ3) is 3.77. The number of hydrogen-bond donors (Lipinski definition) is 1. The first kappa shape index (κ1) is 19.6. The molecule has 0 fully saturated rings. The summed E-state index contributed by atoms with van der Waals surface area (Å²) < 4.78 is 27.1. The molecule has 1 aliphatic rings. The van der Waals surface area contributed by atoms with Gasteiger partial charge in [-0.1, -0.05) is 25.1 Å². The van der Waals surface area contributed by atoms with Crippen molar-refractivity contribution < 1.29 is 13.6 Å². The highest BCUT2D eigenvalue weighted by Crippen LogP contribution is 2.43. The average Bonchev–Trinajstić information content (AvgIpc) is 3.03. The summed E-state index contributed by atoms with van der Waals surface area (Å²) in [6, 6.07) is 11.6. The molecule has 3 nitrogen and oxygen atoms in total. The molecule has 0 spiro atoms. The second-order valence-corrected chi connectivity index (χ2v) is 8.43. The number of anilines is 1. The number of benzene rings is 2. The minimum absolute atomic E-state index is 0.292. The van der Waals surface area contributed by atoms with E-state index in [4.69, 9.17) is 0 Å². The second kappa shape index (κ2) is 7.95. The maximum atomic E-state index is 13.5. The van der Waals surface area contributed by atoms with Crippen LogP contribution in [0.5, 0.6) is 0 Å². The number of nitrogens with one attached hydrogen (secondary N) is 1. The predicted octanol–water partition coefficient (Wildman–Crippen LogP) is 6.08. The summed E-state index contributed by atoms with van der Waals surface area (Å²) in [4.78, 5) is 17.3. The van der Waals surface area contributed by atoms with Crippen LogP contribution in [0.1, 0.15) is 39.4 Å². The molecule has 0 bridgehead atoms. The minimum Gasteiger partial charge on any atom is -0.312 e. The van der Waals surface area contributed by atoms with E-state index in [1.165, 1.54) is 40.3 Å². The molecule has 2 heterocycles. The van der Waals surface area contributed by atoms with Gasteiger partial charge in [0.1, 0.15) is 11.6 Å². The fraction of sp³-hybridized carbons (Fsp3) is 0.261.